The molecule has 3 aromatic rings. The first-order valence-electron chi connectivity index (χ1n) is 6.90. The van der Waals surface area contributed by atoms with Crippen molar-refractivity contribution in [2.45, 2.75) is 10.9 Å². The molecule has 0 aliphatic carbocycles. The van der Waals surface area contributed by atoms with Crippen molar-refractivity contribution in [2.75, 3.05) is 0 Å². The Morgan fingerprint density at radius 1 is 1.17 bits per heavy atom. The van der Waals surface area contributed by atoms with Crippen LogP contribution >= 0.6 is 23.4 Å². The number of halogens is 1. The quantitative estimate of drug-likeness (QED) is 0.642. The Bertz CT molecular complexity index is 1010. The molecule has 0 saturated carbocycles. The van der Waals surface area contributed by atoms with Crippen molar-refractivity contribution in [3.8, 4) is 5.69 Å². The number of hydrogen-bond donors (Lipinski definition) is 0. The van der Waals surface area contributed by atoms with Crippen molar-refractivity contribution < 1.29 is 0 Å². The second kappa shape index (κ2) is 6.62. The van der Waals surface area contributed by atoms with E-state index in [4.69, 9.17) is 11.6 Å². The van der Waals surface area contributed by atoms with Gasteiger partial charge < -0.3 is 0 Å². The molecule has 2 aromatic heterocycles. The molecule has 0 radical (unpaired) electrons. The van der Waals surface area contributed by atoms with Crippen molar-refractivity contribution in [3.63, 3.8) is 0 Å². The Morgan fingerprint density at radius 3 is 2.71 bits per heavy atom. The van der Waals surface area contributed by atoms with Gasteiger partial charge >= 0.3 is 5.69 Å². The van der Waals surface area contributed by atoms with E-state index in [-0.39, 0.29) is 11.2 Å². The normalized spacial score (nSPS) is 11.0. The highest BCUT2D eigenvalue weighted by molar-refractivity contribution is 7.98. The molecule has 0 aliphatic heterocycles. The number of hydrogen-bond acceptors (Lipinski definition) is 6. The van der Waals surface area contributed by atoms with Gasteiger partial charge in [-0.15, -0.1) is 5.10 Å². The third-order valence-electron chi connectivity index (χ3n) is 3.47. The summed E-state index contributed by atoms with van der Waals surface area (Å²) in [5.74, 6) is 0.378. The SMILES string of the molecule is Cn1c(CSc2nnnn2-c2cccc(Cl)c2)cc(=O)n(C)c1=O. The van der Waals surface area contributed by atoms with Crippen molar-refractivity contribution in [2.24, 2.45) is 14.1 Å². The molecule has 3 rings (SSSR count). The summed E-state index contributed by atoms with van der Waals surface area (Å²) in [6.45, 7) is 0. The van der Waals surface area contributed by atoms with E-state index in [0.29, 0.717) is 21.6 Å². The summed E-state index contributed by atoms with van der Waals surface area (Å²) in [6, 6.07) is 8.58. The second-order valence-electron chi connectivity index (χ2n) is 5.02. The lowest BCUT2D eigenvalue weighted by molar-refractivity contribution is 0.664. The van der Waals surface area contributed by atoms with Gasteiger partial charge in [-0.3, -0.25) is 13.9 Å². The fourth-order valence-corrected chi connectivity index (χ4v) is 3.19. The van der Waals surface area contributed by atoms with Gasteiger partial charge in [0.15, 0.2) is 0 Å². The summed E-state index contributed by atoms with van der Waals surface area (Å²) in [6.07, 6.45) is 0. The number of aromatic nitrogens is 6. The van der Waals surface area contributed by atoms with Crippen LogP contribution in [0.25, 0.3) is 5.69 Å². The van der Waals surface area contributed by atoms with E-state index in [1.165, 1.54) is 29.4 Å². The molecule has 8 nitrogen and oxygen atoms in total. The van der Waals surface area contributed by atoms with E-state index < -0.39 is 0 Å². The van der Waals surface area contributed by atoms with Crippen LogP contribution in [0, 0.1) is 0 Å². The summed E-state index contributed by atoms with van der Waals surface area (Å²) in [5, 5.41) is 12.7. The highest BCUT2D eigenvalue weighted by Crippen LogP contribution is 2.22. The van der Waals surface area contributed by atoms with Gasteiger partial charge in [-0.25, -0.2) is 4.79 Å². The van der Waals surface area contributed by atoms with Crippen LogP contribution in [0.2, 0.25) is 5.02 Å². The summed E-state index contributed by atoms with van der Waals surface area (Å²) in [4.78, 5) is 23.7. The molecule has 1 aromatic carbocycles. The molecule has 24 heavy (non-hydrogen) atoms. The van der Waals surface area contributed by atoms with E-state index in [1.807, 2.05) is 6.07 Å². The molecule has 0 bridgehead atoms. The lowest BCUT2D eigenvalue weighted by Crippen LogP contribution is -2.37. The number of nitrogens with zero attached hydrogens (tertiary/aromatic N) is 6. The Balaban J connectivity index is 1.89. The maximum absolute atomic E-state index is 12.0. The van der Waals surface area contributed by atoms with Gasteiger partial charge in [-0.2, -0.15) is 4.68 Å². The summed E-state index contributed by atoms with van der Waals surface area (Å²) >= 11 is 7.31. The van der Waals surface area contributed by atoms with E-state index in [1.54, 1.807) is 29.9 Å². The molecule has 0 fully saturated rings. The zero-order chi connectivity index (χ0) is 17.3. The van der Waals surface area contributed by atoms with Crippen molar-refractivity contribution >= 4 is 23.4 Å². The van der Waals surface area contributed by atoms with Crippen molar-refractivity contribution in [3.05, 3.63) is 61.9 Å². The molecule has 0 saturated heterocycles. The monoisotopic (exact) mass is 364 g/mol. The minimum atomic E-state index is -0.368. The van der Waals surface area contributed by atoms with E-state index in [9.17, 15) is 9.59 Å². The number of benzene rings is 1. The smallest absolute Gasteiger partial charge is 0.300 e. The van der Waals surface area contributed by atoms with E-state index in [0.717, 1.165) is 10.3 Å². The van der Waals surface area contributed by atoms with Crippen LogP contribution in [0.3, 0.4) is 0 Å². The number of thioether (sulfide) groups is 1. The summed E-state index contributed by atoms with van der Waals surface area (Å²) in [7, 11) is 3.07. The van der Waals surface area contributed by atoms with Gasteiger partial charge in [0.2, 0.25) is 5.16 Å². The second-order valence-corrected chi connectivity index (χ2v) is 6.40. The minimum absolute atomic E-state index is 0.344. The maximum atomic E-state index is 12.0. The molecule has 2 heterocycles. The van der Waals surface area contributed by atoms with Gasteiger partial charge in [0, 0.05) is 36.6 Å². The van der Waals surface area contributed by atoms with E-state index >= 15 is 0 Å². The molecular weight excluding hydrogens is 352 g/mol. The Hall–Kier alpha value is -2.39. The maximum Gasteiger partial charge on any atom is 0.330 e. The molecule has 0 atom stereocenters. The average Bonchev–Trinajstić information content (AvgIpc) is 3.03. The van der Waals surface area contributed by atoms with Crippen LogP contribution in [-0.4, -0.2) is 29.3 Å². The Kier molecular flexibility index (Phi) is 4.54. The predicted molar refractivity (Wildman–Crippen MR) is 90.6 cm³/mol. The van der Waals surface area contributed by atoms with Crippen molar-refractivity contribution in [1.82, 2.24) is 29.3 Å². The third kappa shape index (κ3) is 3.13. The lowest BCUT2D eigenvalue weighted by atomic mass is 10.3. The Labute approximate surface area is 145 Å². The average molecular weight is 365 g/mol. The minimum Gasteiger partial charge on any atom is -0.300 e. The molecule has 0 amide bonds. The predicted octanol–water partition coefficient (Wildman–Crippen LogP) is 1.01. The summed E-state index contributed by atoms with van der Waals surface area (Å²) < 4.78 is 4.04. The molecular formula is C14H13ClN6O2S. The largest absolute Gasteiger partial charge is 0.330 e. The van der Waals surface area contributed by atoms with Crippen LogP contribution in [0.15, 0.2) is 45.1 Å². The molecule has 0 spiro atoms. The van der Waals surface area contributed by atoms with Gasteiger partial charge in [0.25, 0.3) is 5.56 Å². The van der Waals surface area contributed by atoms with Crippen LogP contribution < -0.4 is 11.2 Å². The first-order valence-corrected chi connectivity index (χ1v) is 8.27. The Morgan fingerprint density at radius 2 is 1.96 bits per heavy atom. The fraction of sp³-hybridized carbons (Fsp3) is 0.214. The first-order chi connectivity index (χ1) is 11.5. The van der Waals surface area contributed by atoms with Gasteiger partial charge in [-0.1, -0.05) is 29.4 Å². The highest BCUT2D eigenvalue weighted by Gasteiger charge is 2.12. The third-order valence-corrected chi connectivity index (χ3v) is 4.66. The van der Waals surface area contributed by atoms with Gasteiger partial charge in [-0.05, 0) is 28.6 Å². The van der Waals surface area contributed by atoms with Crippen LogP contribution in [0.5, 0.6) is 0 Å². The first kappa shape index (κ1) is 16.5. The molecule has 124 valence electrons. The lowest BCUT2D eigenvalue weighted by Gasteiger charge is -2.09. The van der Waals surface area contributed by atoms with Crippen LogP contribution in [0.4, 0.5) is 0 Å². The van der Waals surface area contributed by atoms with Gasteiger partial charge in [0.1, 0.15) is 0 Å². The topological polar surface area (TPSA) is 87.6 Å². The highest BCUT2D eigenvalue weighted by atomic mass is 35.5. The molecule has 0 aliphatic rings. The molecule has 0 N–H and O–H groups in total. The molecule has 0 unspecified atom stereocenters. The standard InChI is InChI=1S/C14H13ClN6O2S/c1-19-11(7-12(22)20(2)14(19)23)8-24-13-16-17-18-21(13)10-5-3-4-9(15)6-10/h3-7H,8H2,1-2H3. The fourth-order valence-electron chi connectivity index (χ4n) is 2.09. The molecule has 10 heteroatoms. The summed E-state index contributed by atoms with van der Waals surface area (Å²) in [5.41, 5.74) is 0.609. The van der Waals surface area contributed by atoms with E-state index in [2.05, 4.69) is 15.5 Å². The number of tetrazole rings is 1. The van der Waals surface area contributed by atoms with Crippen molar-refractivity contribution in [1.29, 1.82) is 0 Å². The number of rotatable bonds is 4. The van der Waals surface area contributed by atoms with Crippen LogP contribution in [-0.2, 0) is 19.8 Å². The van der Waals surface area contributed by atoms with Gasteiger partial charge in [0.05, 0.1) is 5.69 Å². The zero-order valence-electron chi connectivity index (χ0n) is 12.9. The van der Waals surface area contributed by atoms with Crippen LogP contribution in [0.1, 0.15) is 5.69 Å². The zero-order valence-corrected chi connectivity index (χ0v) is 14.5.